The Labute approximate surface area is 183 Å². The second-order valence-corrected chi connectivity index (χ2v) is 9.94. The largest absolute Gasteiger partial charge is 0.446 e. The first-order chi connectivity index (χ1) is 15.1. The van der Waals surface area contributed by atoms with Gasteiger partial charge in [-0.05, 0) is 68.4 Å². The highest BCUT2D eigenvalue weighted by atomic mass is 19.4. The molecule has 6 rings (SSSR count). The van der Waals surface area contributed by atoms with Crippen LogP contribution in [0.1, 0.15) is 44.1 Å². The second kappa shape index (κ2) is 7.52. The zero-order chi connectivity index (χ0) is 22.7. The van der Waals surface area contributed by atoms with Crippen LogP contribution in [0.3, 0.4) is 0 Å². The average molecular weight is 452 g/mol. The molecule has 0 radical (unpaired) electrons. The van der Waals surface area contributed by atoms with Crippen LogP contribution in [-0.2, 0) is 15.7 Å². The molecule has 10 heteroatoms. The molecule has 3 N–H and O–H groups in total. The highest BCUT2D eigenvalue weighted by Gasteiger charge is 2.59. The Morgan fingerprint density at radius 2 is 1.94 bits per heavy atom. The van der Waals surface area contributed by atoms with Crippen molar-refractivity contribution in [1.82, 2.24) is 9.88 Å². The quantitative estimate of drug-likeness (QED) is 0.730. The van der Waals surface area contributed by atoms with Crippen molar-refractivity contribution in [1.29, 1.82) is 0 Å². The maximum absolute atomic E-state index is 13.2. The highest BCUT2D eigenvalue weighted by molar-refractivity contribution is 5.81. The van der Waals surface area contributed by atoms with Crippen molar-refractivity contribution in [2.75, 3.05) is 18.4 Å². The minimum Gasteiger partial charge on any atom is -0.446 e. The van der Waals surface area contributed by atoms with Crippen LogP contribution in [0.15, 0.2) is 18.3 Å². The number of anilines is 1. The predicted octanol–water partition coefficient (Wildman–Crippen LogP) is 3.40. The van der Waals surface area contributed by atoms with Gasteiger partial charge < -0.3 is 20.7 Å². The summed E-state index contributed by atoms with van der Waals surface area (Å²) in [7, 11) is 0. The monoisotopic (exact) mass is 452 g/mol. The topological polar surface area (TPSA) is 97.6 Å². The molecule has 4 aliphatic carbocycles. The van der Waals surface area contributed by atoms with Gasteiger partial charge >= 0.3 is 12.3 Å². The molecule has 2 amide bonds. The van der Waals surface area contributed by atoms with Crippen molar-refractivity contribution >= 4 is 17.8 Å². The molecule has 174 valence electrons. The van der Waals surface area contributed by atoms with Crippen molar-refractivity contribution in [2.45, 2.75) is 56.8 Å². The van der Waals surface area contributed by atoms with Crippen molar-refractivity contribution in [3.63, 3.8) is 0 Å². The summed E-state index contributed by atoms with van der Waals surface area (Å²) in [6.45, 7) is 0.656. The number of carbonyl (C=O) groups is 2. The lowest BCUT2D eigenvalue weighted by Gasteiger charge is -2.58. The van der Waals surface area contributed by atoms with E-state index in [1.807, 2.05) is 0 Å². The van der Waals surface area contributed by atoms with E-state index in [0.717, 1.165) is 25.3 Å². The summed E-state index contributed by atoms with van der Waals surface area (Å²) in [5.41, 5.74) is 4.45. The van der Waals surface area contributed by atoms with Gasteiger partial charge in [0.15, 0.2) is 0 Å². The Bertz CT molecular complexity index is 908. The molecule has 3 atom stereocenters. The lowest BCUT2D eigenvalue weighted by molar-refractivity contribution is -0.161. The van der Waals surface area contributed by atoms with Crippen LogP contribution in [0.4, 0.5) is 23.8 Å². The summed E-state index contributed by atoms with van der Waals surface area (Å²) in [5.74, 6) is 0.312. The number of hydrogen-bond donors (Lipinski definition) is 2. The summed E-state index contributed by atoms with van der Waals surface area (Å²) in [6, 6.07) is 1.90. The molecule has 4 bridgehead atoms. The van der Waals surface area contributed by atoms with Crippen LogP contribution < -0.4 is 11.1 Å². The van der Waals surface area contributed by atoms with Crippen LogP contribution in [0.25, 0.3) is 0 Å². The number of pyridine rings is 1. The van der Waals surface area contributed by atoms with E-state index < -0.39 is 23.2 Å². The van der Waals surface area contributed by atoms with Crippen molar-refractivity contribution in [3.05, 3.63) is 23.9 Å². The van der Waals surface area contributed by atoms with E-state index in [1.54, 1.807) is 4.90 Å². The van der Waals surface area contributed by atoms with Gasteiger partial charge in [0.05, 0.1) is 11.0 Å². The number of nitrogens with zero attached hydrogens (tertiary/aromatic N) is 2. The van der Waals surface area contributed by atoms with Crippen molar-refractivity contribution in [2.24, 2.45) is 28.9 Å². The molecule has 0 spiro atoms. The van der Waals surface area contributed by atoms with Crippen molar-refractivity contribution < 1.29 is 27.5 Å². The zero-order valence-electron chi connectivity index (χ0n) is 17.6. The minimum atomic E-state index is -4.50. The maximum atomic E-state index is 13.2. The van der Waals surface area contributed by atoms with Crippen LogP contribution in [-0.4, -0.2) is 47.1 Å². The molecule has 1 aromatic rings. The Hall–Kier alpha value is -2.52. The van der Waals surface area contributed by atoms with E-state index in [-0.39, 0.29) is 42.3 Å². The van der Waals surface area contributed by atoms with Gasteiger partial charge in [0.2, 0.25) is 5.91 Å². The summed E-state index contributed by atoms with van der Waals surface area (Å²) in [4.78, 5) is 30.3. The molecule has 5 fully saturated rings. The number of likely N-dealkylation sites (tertiary alicyclic amines) is 1. The fraction of sp³-hybridized carbons (Fsp3) is 0.682. The third-order valence-electron chi connectivity index (χ3n) is 7.85. The molecule has 5 aliphatic rings. The molecule has 2 heterocycles. The smallest absolute Gasteiger partial charge is 0.419 e. The van der Waals surface area contributed by atoms with Crippen LogP contribution in [0.2, 0.25) is 0 Å². The first kappa shape index (κ1) is 21.3. The summed E-state index contributed by atoms with van der Waals surface area (Å²) in [5, 5.41) is 2.84. The summed E-state index contributed by atoms with van der Waals surface area (Å²) < 4.78 is 45.6. The molecule has 1 aliphatic heterocycles. The number of nitrogens with two attached hydrogens (primary N) is 1. The lowest BCUT2D eigenvalue weighted by atomic mass is 9.48. The number of primary amides is 1. The van der Waals surface area contributed by atoms with E-state index in [4.69, 9.17) is 10.5 Å². The predicted molar refractivity (Wildman–Crippen MR) is 108 cm³/mol. The number of aromatic nitrogens is 1. The van der Waals surface area contributed by atoms with Crippen LogP contribution >= 0.6 is 0 Å². The van der Waals surface area contributed by atoms with Gasteiger partial charge in [0.25, 0.3) is 0 Å². The normalized spacial score (nSPS) is 35.7. The van der Waals surface area contributed by atoms with Gasteiger partial charge in [0, 0.05) is 25.3 Å². The summed E-state index contributed by atoms with van der Waals surface area (Å²) in [6.07, 6.45) is 0.772. The second-order valence-electron chi connectivity index (χ2n) is 9.94. The molecule has 1 saturated heterocycles. The number of nitrogens with one attached hydrogen (secondary N) is 1. The maximum Gasteiger partial charge on any atom is 0.419 e. The van der Waals surface area contributed by atoms with Gasteiger partial charge in [0.1, 0.15) is 11.9 Å². The fourth-order valence-corrected chi connectivity index (χ4v) is 6.65. The highest BCUT2D eigenvalue weighted by Crippen LogP contribution is 2.60. The molecular formula is C22H27F3N4O3. The molecule has 1 aromatic heterocycles. The van der Waals surface area contributed by atoms with Crippen LogP contribution in [0, 0.1) is 23.2 Å². The van der Waals surface area contributed by atoms with Gasteiger partial charge in [-0.1, -0.05) is 0 Å². The summed E-state index contributed by atoms with van der Waals surface area (Å²) >= 11 is 0. The standard InChI is InChI=1S/C22H27F3N4O3/c23-22(24,25)16-2-1-4-27-18(16)28-15-3-5-29(11-15)20(31)32-17-13-6-12-7-14(17)10-21(8-12,9-13)19(26)30/h1-2,4,12-15,17H,3,5-11H2,(H2,26,30)(H,27,28)/t12?,13-,14-,15?,17?,21?/m0/s1. The Kier molecular flexibility index (Phi) is 5.01. The third-order valence-corrected chi connectivity index (χ3v) is 7.85. The van der Waals surface area contributed by atoms with Crippen LogP contribution in [0.5, 0.6) is 0 Å². The molecule has 7 nitrogen and oxygen atoms in total. The molecule has 0 aromatic carbocycles. The minimum absolute atomic E-state index is 0.150. The number of halogens is 3. The number of amides is 2. The number of ether oxygens (including phenoxy) is 1. The van der Waals surface area contributed by atoms with E-state index >= 15 is 0 Å². The van der Waals surface area contributed by atoms with Gasteiger partial charge in [-0.3, -0.25) is 4.79 Å². The van der Waals surface area contributed by atoms with Gasteiger partial charge in [-0.15, -0.1) is 0 Å². The SMILES string of the molecule is NC(=O)C12CC3C[C@@H](C1)C(OC(=O)N1CCC(Nc4ncccc4C(F)(F)F)C1)[C@@H](C3)C2. The van der Waals surface area contributed by atoms with E-state index in [0.29, 0.717) is 31.7 Å². The van der Waals surface area contributed by atoms with E-state index in [1.165, 1.54) is 12.3 Å². The number of carbonyl (C=O) groups excluding carboxylic acids is 2. The van der Waals surface area contributed by atoms with Gasteiger partial charge in [-0.25, -0.2) is 9.78 Å². The molecule has 4 saturated carbocycles. The Morgan fingerprint density at radius 1 is 1.22 bits per heavy atom. The van der Waals surface area contributed by atoms with E-state index in [2.05, 4.69) is 10.3 Å². The average Bonchev–Trinajstić information content (AvgIpc) is 3.18. The van der Waals surface area contributed by atoms with E-state index in [9.17, 15) is 22.8 Å². The fourth-order valence-electron chi connectivity index (χ4n) is 6.65. The number of rotatable bonds is 4. The first-order valence-corrected chi connectivity index (χ1v) is 11.2. The van der Waals surface area contributed by atoms with Gasteiger partial charge in [-0.2, -0.15) is 13.2 Å². The molecule has 32 heavy (non-hydrogen) atoms. The first-order valence-electron chi connectivity index (χ1n) is 11.2. The van der Waals surface area contributed by atoms with Crippen molar-refractivity contribution in [3.8, 4) is 0 Å². The lowest BCUT2D eigenvalue weighted by Crippen LogP contribution is -2.59. The zero-order valence-corrected chi connectivity index (χ0v) is 17.6. The Morgan fingerprint density at radius 3 is 2.59 bits per heavy atom. The molecule has 1 unspecified atom stereocenters. The Balaban J connectivity index is 1.20. The third kappa shape index (κ3) is 3.67. The molecular weight excluding hydrogens is 425 g/mol. The number of alkyl halides is 3. The number of hydrogen-bond acceptors (Lipinski definition) is 5.